The lowest BCUT2D eigenvalue weighted by Crippen LogP contribution is -2.40. The summed E-state index contributed by atoms with van der Waals surface area (Å²) in [4.78, 5) is 0. The van der Waals surface area contributed by atoms with Crippen LogP contribution in [-0.4, -0.2) is 73.2 Å². The van der Waals surface area contributed by atoms with Gasteiger partial charge in [-0.3, -0.25) is 0 Å². The molecular formula is C27H39NO8. The van der Waals surface area contributed by atoms with E-state index in [1.807, 2.05) is 13.0 Å². The van der Waals surface area contributed by atoms with Gasteiger partial charge in [-0.25, -0.2) is 0 Å². The number of phenols is 2. The Kier molecular flexibility index (Phi) is 10.5. The predicted octanol–water partition coefficient (Wildman–Crippen LogP) is 2.93. The topological polar surface area (TPSA) is 130 Å². The average Bonchev–Trinajstić information content (AvgIpc) is 2.88. The predicted molar refractivity (Wildman–Crippen MR) is 135 cm³/mol. The third-order valence-electron chi connectivity index (χ3n) is 6.59. The molecule has 36 heavy (non-hydrogen) atoms. The van der Waals surface area contributed by atoms with Gasteiger partial charge in [0, 0.05) is 19.1 Å². The molecule has 5 N–H and O–H groups in total. The Bertz CT molecular complexity index is 969. The van der Waals surface area contributed by atoms with Crippen molar-refractivity contribution in [3.05, 3.63) is 41.5 Å². The van der Waals surface area contributed by atoms with Crippen molar-refractivity contribution in [3.63, 3.8) is 0 Å². The highest BCUT2D eigenvalue weighted by Crippen LogP contribution is 2.45. The van der Waals surface area contributed by atoms with Crippen LogP contribution >= 0.6 is 0 Å². The first-order chi connectivity index (χ1) is 17.4. The van der Waals surface area contributed by atoms with Crippen molar-refractivity contribution in [2.75, 3.05) is 40.5 Å². The van der Waals surface area contributed by atoms with Crippen molar-refractivity contribution in [1.82, 2.24) is 5.32 Å². The molecule has 0 aliphatic carbocycles. The van der Waals surface area contributed by atoms with Gasteiger partial charge in [0.15, 0.2) is 23.0 Å². The average molecular weight is 506 g/mol. The lowest BCUT2D eigenvalue weighted by atomic mass is 9.82. The SMILES string of the molecule is CCNCCOc1cc([C@H]2O[C@@H](CCc3ccc(O)c(OC)c3)C[C@H](O)[C@@H]2CCO)cc(OC)c1O. The van der Waals surface area contributed by atoms with E-state index in [1.165, 1.54) is 14.2 Å². The number of hydrogen-bond donors (Lipinski definition) is 5. The molecule has 1 aliphatic heterocycles. The van der Waals surface area contributed by atoms with Gasteiger partial charge in [-0.15, -0.1) is 0 Å². The normalized spacial score (nSPS) is 21.8. The fourth-order valence-corrected chi connectivity index (χ4v) is 4.66. The van der Waals surface area contributed by atoms with E-state index in [9.17, 15) is 20.4 Å². The summed E-state index contributed by atoms with van der Waals surface area (Å²) in [5.41, 5.74) is 1.69. The highest BCUT2D eigenvalue weighted by Gasteiger charge is 2.39. The van der Waals surface area contributed by atoms with Crippen LogP contribution in [0.1, 0.15) is 43.4 Å². The number of aromatic hydroxyl groups is 2. The molecule has 1 fully saturated rings. The van der Waals surface area contributed by atoms with Crippen molar-refractivity contribution in [1.29, 1.82) is 0 Å². The van der Waals surface area contributed by atoms with Gasteiger partial charge < -0.3 is 44.7 Å². The molecule has 1 aliphatic rings. The van der Waals surface area contributed by atoms with E-state index in [1.54, 1.807) is 24.3 Å². The van der Waals surface area contributed by atoms with E-state index < -0.39 is 12.2 Å². The number of benzene rings is 2. The first-order valence-corrected chi connectivity index (χ1v) is 12.5. The first-order valence-electron chi connectivity index (χ1n) is 12.5. The number of aryl methyl sites for hydroxylation is 1. The summed E-state index contributed by atoms with van der Waals surface area (Å²) in [6.07, 6.45) is 0.694. The van der Waals surface area contributed by atoms with Gasteiger partial charge in [0.1, 0.15) is 6.61 Å². The van der Waals surface area contributed by atoms with E-state index in [4.69, 9.17) is 18.9 Å². The molecule has 1 saturated heterocycles. The molecule has 9 nitrogen and oxygen atoms in total. The summed E-state index contributed by atoms with van der Waals surface area (Å²) in [6.45, 7) is 3.72. The van der Waals surface area contributed by atoms with Crippen LogP contribution in [0.15, 0.2) is 30.3 Å². The monoisotopic (exact) mass is 505 g/mol. The van der Waals surface area contributed by atoms with Crippen LogP contribution in [-0.2, 0) is 11.2 Å². The second-order valence-corrected chi connectivity index (χ2v) is 8.97. The fourth-order valence-electron chi connectivity index (χ4n) is 4.66. The molecule has 200 valence electrons. The van der Waals surface area contributed by atoms with E-state index in [0.29, 0.717) is 50.1 Å². The Morgan fingerprint density at radius 2 is 1.78 bits per heavy atom. The Labute approximate surface area is 212 Å². The maximum Gasteiger partial charge on any atom is 0.200 e. The number of phenolic OH excluding ortho intramolecular Hbond substituents is 2. The van der Waals surface area contributed by atoms with Crippen molar-refractivity contribution in [2.24, 2.45) is 5.92 Å². The zero-order valence-electron chi connectivity index (χ0n) is 21.3. The van der Waals surface area contributed by atoms with Gasteiger partial charge in [-0.2, -0.15) is 0 Å². The van der Waals surface area contributed by atoms with Crippen LogP contribution in [0.4, 0.5) is 0 Å². The molecule has 9 heteroatoms. The summed E-state index contributed by atoms with van der Waals surface area (Å²) in [5.74, 6) is 0.610. The third-order valence-corrected chi connectivity index (χ3v) is 6.59. The highest BCUT2D eigenvalue weighted by molar-refractivity contribution is 5.53. The van der Waals surface area contributed by atoms with Gasteiger partial charge in [-0.1, -0.05) is 13.0 Å². The quantitative estimate of drug-likeness (QED) is 0.261. The van der Waals surface area contributed by atoms with E-state index in [-0.39, 0.29) is 41.6 Å². The number of ether oxygens (including phenoxy) is 4. The van der Waals surface area contributed by atoms with Crippen molar-refractivity contribution in [3.8, 4) is 28.7 Å². The number of aliphatic hydroxyl groups excluding tert-OH is 2. The Morgan fingerprint density at radius 1 is 1.03 bits per heavy atom. The molecule has 0 unspecified atom stereocenters. The molecule has 1 heterocycles. The lowest BCUT2D eigenvalue weighted by Gasteiger charge is -2.40. The van der Waals surface area contributed by atoms with E-state index in [0.717, 1.165) is 12.1 Å². The Morgan fingerprint density at radius 3 is 2.47 bits per heavy atom. The van der Waals surface area contributed by atoms with Crippen molar-refractivity contribution < 1.29 is 39.4 Å². The maximum atomic E-state index is 11.0. The molecule has 0 saturated carbocycles. The summed E-state index contributed by atoms with van der Waals surface area (Å²) in [5, 5.41) is 44.3. The lowest BCUT2D eigenvalue weighted by molar-refractivity contribution is -0.144. The largest absolute Gasteiger partial charge is 0.504 e. The van der Waals surface area contributed by atoms with Crippen LogP contribution < -0.4 is 19.5 Å². The second-order valence-electron chi connectivity index (χ2n) is 8.97. The van der Waals surface area contributed by atoms with Crippen LogP contribution in [0, 0.1) is 5.92 Å². The summed E-state index contributed by atoms with van der Waals surface area (Å²) >= 11 is 0. The minimum Gasteiger partial charge on any atom is -0.504 e. The number of aliphatic hydroxyl groups is 2. The Hall–Kier alpha value is -2.72. The smallest absolute Gasteiger partial charge is 0.200 e. The van der Waals surface area contributed by atoms with Gasteiger partial charge in [0.05, 0.1) is 32.5 Å². The molecule has 2 aromatic rings. The van der Waals surface area contributed by atoms with Gasteiger partial charge in [0.2, 0.25) is 5.75 Å². The minimum atomic E-state index is -0.673. The molecular weight excluding hydrogens is 466 g/mol. The molecule has 0 radical (unpaired) electrons. The van der Waals surface area contributed by atoms with Crippen LogP contribution in [0.5, 0.6) is 28.7 Å². The number of methoxy groups -OCH3 is 2. The zero-order chi connectivity index (χ0) is 26.1. The maximum absolute atomic E-state index is 11.0. The van der Waals surface area contributed by atoms with Crippen molar-refractivity contribution in [2.45, 2.75) is 50.9 Å². The van der Waals surface area contributed by atoms with E-state index >= 15 is 0 Å². The number of likely N-dealkylation sites (N-methyl/N-ethyl adjacent to an activating group) is 1. The van der Waals surface area contributed by atoms with Crippen LogP contribution in [0.25, 0.3) is 0 Å². The fraction of sp³-hybridized carbons (Fsp3) is 0.556. The van der Waals surface area contributed by atoms with Crippen molar-refractivity contribution >= 4 is 0 Å². The molecule has 0 bridgehead atoms. The highest BCUT2D eigenvalue weighted by atomic mass is 16.5. The van der Waals surface area contributed by atoms with Gasteiger partial charge >= 0.3 is 0 Å². The zero-order valence-corrected chi connectivity index (χ0v) is 21.3. The third kappa shape index (κ3) is 6.94. The minimum absolute atomic E-state index is 0.0825. The Balaban J connectivity index is 1.81. The molecule has 4 atom stereocenters. The number of hydrogen-bond acceptors (Lipinski definition) is 9. The molecule has 0 amide bonds. The standard InChI is InChI=1S/C27H39NO8/c1-4-28-10-12-35-25-15-18(14-24(34-3)26(25)32)27-20(9-11-29)22(31)16-19(36-27)7-5-17-6-8-21(30)23(13-17)33-2/h6,8,13-15,19-20,22,27-32H,4-5,7,9-12,16H2,1-3H3/t19-,20-,22-,27+/m0/s1. The molecule has 2 aromatic carbocycles. The summed E-state index contributed by atoms with van der Waals surface area (Å²) in [7, 11) is 2.98. The van der Waals surface area contributed by atoms with Crippen LogP contribution in [0.3, 0.4) is 0 Å². The molecule has 3 rings (SSSR count). The second kappa shape index (κ2) is 13.5. The number of nitrogens with one attached hydrogen (secondary N) is 1. The van der Waals surface area contributed by atoms with Gasteiger partial charge in [0.25, 0.3) is 0 Å². The summed E-state index contributed by atoms with van der Waals surface area (Å²) in [6, 6.07) is 8.65. The number of rotatable bonds is 13. The first kappa shape index (κ1) is 27.9. The van der Waals surface area contributed by atoms with E-state index in [2.05, 4.69) is 5.32 Å². The summed E-state index contributed by atoms with van der Waals surface area (Å²) < 4.78 is 22.9. The van der Waals surface area contributed by atoms with Gasteiger partial charge in [-0.05, 0) is 67.6 Å². The molecule has 0 aromatic heterocycles. The molecule has 0 spiro atoms. The van der Waals surface area contributed by atoms with Crippen LogP contribution in [0.2, 0.25) is 0 Å².